The lowest BCUT2D eigenvalue weighted by Gasteiger charge is -1.96. The van der Waals surface area contributed by atoms with Gasteiger partial charge in [0.05, 0.1) is 12.0 Å². The molecule has 0 atom stereocenters. The van der Waals surface area contributed by atoms with Gasteiger partial charge in [0, 0.05) is 10.9 Å². The average molecular weight is 228 g/mol. The highest BCUT2D eigenvalue weighted by Gasteiger charge is 2.12. The van der Waals surface area contributed by atoms with E-state index in [1.807, 2.05) is 24.3 Å². The summed E-state index contributed by atoms with van der Waals surface area (Å²) in [5.74, 6) is -1.03. The normalized spacial score (nSPS) is 10.8. The summed E-state index contributed by atoms with van der Waals surface area (Å²) in [6, 6.07) is 8.98. The third kappa shape index (κ3) is 1.48. The molecule has 0 spiro atoms. The summed E-state index contributed by atoms with van der Waals surface area (Å²) in [5, 5.41) is 16.2. The van der Waals surface area contributed by atoms with Gasteiger partial charge >= 0.3 is 5.97 Å². The number of nitrogens with zero attached hydrogens (tertiary/aromatic N) is 1. The van der Waals surface area contributed by atoms with Crippen molar-refractivity contribution in [2.24, 2.45) is 0 Å². The van der Waals surface area contributed by atoms with Gasteiger partial charge in [-0.2, -0.15) is 5.10 Å². The smallest absolute Gasteiger partial charge is 0.353 e. The zero-order chi connectivity index (χ0) is 11.8. The van der Waals surface area contributed by atoms with Crippen molar-refractivity contribution in [3.8, 4) is 11.3 Å². The van der Waals surface area contributed by atoms with Gasteiger partial charge in [0.25, 0.3) is 0 Å². The number of rotatable bonds is 2. The maximum atomic E-state index is 10.8. The number of carboxylic acids is 1. The Bertz CT molecular complexity index is 696. The standard InChI is InChI=1S/C12H8N2O3/c15-12(16)10-6-9(13-14-10)8-3-1-2-7-4-5-17-11(7)8/h1-6H,(H,13,14)(H,15,16). The summed E-state index contributed by atoms with van der Waals surface area (Å²) in [6.07, 6.45) is 1.60. The van der Waals surface area contributed by atoms with E-state index >= 15 is 0 Å². The molecule has 84 valence electrons. The second kappa shape index (κ2) is 3.48. The zero-order valence-electron chi connectivity index (χ0n) is 8.68. The topological polar surface area (TPSA) is 79.1 Å². The van der Waals surface area contributed by atoms with Crippen molar-refractivity contribution in [1.29, 1.82) is 0 Å². The molecule has 0 aliphatic rings. The number of para-hydroxylation sites is 1. The fourth-order valence-corrected chi connectivity index (χ4v) is 1.76. The lowest BCUT2D eigenvalue weighted by Crippen LogP contribution is -1.95. The van der Waals surface area contributed by atoms with E-state index in [1.165, 1.54) is 6.07 Å². The SMILES string of the molecule is O=C(O)c1cc(-c2cccc3ccoc23)n[nH]1. The van der Waals surface area contributed by atoms with Gasteiger partial charge in [0.15, 0.2) is 0 Å². The highest BCUT2D eigenvalue weighted by atomic mass is 16.4. The quantitative estimate of drug-likeness (QED) is 0.706. The molecule has 0 amide bonds. The van der Waals surface area contributed by atoms with Crippen molar-refractivity contribution in [2.75, 3.05) is 0 Å². The van der Waals surface area contributed by atoms with Crippen LogP contribution in [0, 0.1) is 0 Å². The van der Waals surface area contributed by atoms with E-state index in [4.69, 9.17) is 9.52 Å². The van der Waals surface area contributed by atoms with Crippen LogP contribution in [0.1, 0.15) is 10.5 Å². The van der Waals surface area contributed by atoms with Gasteiger partial charge in [0.1, 0.15) is 11.3 Å². The summed E-state index contributed by atoms with van der Waals surface area (Å²) < 4.78 is 5.37. The summed E-state index contributed by atoms with van der Waals surface area (Å²) >= 11 is 0. The highest BCUT2D eigenvalue weighted by Crippen LogP contribution is 2.28. The Morgan fingerprint density at radius 1 is 1.35 bits per heavy atom. The number of nitrogens with one attached hydrogen (secondary N) is 1. The molecule has 3 aromatic rings. The average Bonchev–Trinajstić information content (AvgIpc) is 2.97. The van der Waals surface area contributed by atoms with Crippen LogP contribution in [-0.2, 0) is 0 Å². The third-order valence-electron chi connectivity index (χ3n) is 2.56. The molecule has 0 saturated heterocycles. The van der Waals surface area contributed by atoms with E-state index < -0.39 is 5.97 Å². The minimum absolute atomic E-state index is 0.0589. The Labute approximate surface area is 95.7 Å². The first-order chi connectivity index (χ1) is 8.25. The minimum Gasteiger partial charge on any atom is -0.477 e. The molecule has 0 saturated carbocycles. The molecule has 0 unspecified atom stereocenters. The Morgan fingerprint density at radius 2 is 2.24 bits per heavy atom. The number of aromatic nitrogens is 2. The van der Waals surface area contributed by atoms with Gasteiger partial charge in [-0.1, -0.05) is 12.1 Å². The molecule has 2 N–H and O–H groups in total. The molecule has 1 aromatic carbocycles. The summed E-state index contributed by atoms with van der Waals surface area (Å²) in [4.78, 5) is 10.8. The number of fused-ring (bicyclic) bond motifs is 1. The van der Waals surface area contributed by atoms with Crippen LogP contribution in [0.25, 0.3) is 22.2 Å². The van der Waals surface area contributed by atoms with Crippen LogP contribution >= 0.6 is 0 Å². The van der Waals surface area contributed by atoms with Crippen LogP contribution in [0.4, 0.5) is 0 Å². The number of hydrogen-bond acceptors (Lipinski definition) is 3. The van der Waals surface area contributed by atoms with Crippen molar-refractivity contribution in [3.63, 3.8) is 0 Å². The van der Waals surface area contributed by atoms with Crippen molar-refractivity contribution in [1.82, 2.24) is 10.2 Å². The number of furan rings is 1. The number of H-pyrrole nitrogens is 1. The monoisotopic (exact) mass is 228 g/mol. The number of carboxylic acid groups (broad SMARTS) is 1. The van der Waals surface area contributed by atoms with Crippen LogP contribution < -0.4 is 0 Å². The minimum atomic E-state index is -1.03. The van der Waals surface area contributed by atoms with E-state index in [9.17, 15) is 4.79 Å². The summed E-state index contributed by atoms with van der Waals surface area (Å²) in [5.41, 5.74) is 2.10. The molecule has 0 radical (unpaired) electrons. The largest absolute Gasteiger partial charge is 0.477 e. The number of aromatic amines is 1. The van der Waals surface area contributed by atoms with E-state index in [0.29, 0.717) is 11.3 Å². The van der Waals surface area contributed by atoms with Gasteiger partial charge in [0.2, 0.25) is 0 Å². The van der Waals surface area contributed by atoms with Crippen molar-refractivity contribution in [2.45, 2.75) is 0 Å². The van der Waals surface area contributed by atoms with E-state index in [-0.39, 0.29) is 5.69 Å². The molecular weight excluding hydrogens is 220 g/mol. The van der Waals surface area contributed by atoms with Crippen molar-refractivity contribution < 1.29 is 14.3 Å². The zero-order valence-corrected chi connectivity index (χ0v) is 8.68. The van der Waals surface area contributed by atoms with Gasteiger partial charge in [-0.25, -0.2) is 4.79 Å². The molecule has 0 aliphatic heterocycles. The predicted molar refractivity (Wildman–Crippen MR) is 60.8 cm³/mol. The fourth-order valence-electron chi connectivity index (χ4n) is 1.76. The number of aromatic carboxylic acids is 1. The molecule has 5 nitrogen and oxygen atoms in total. The van der Waals surface area contributed by atoms with Crippen LogP contribution in [0.15, 0.2) is 41.0 Å². The molecule has 5 heteroatoms. The van der Waals surface area contributed by atoms with Gasteiger partial charge in [-0.05, 0) is 18.2 Å². The van der Waals surface area contributed by atoms with Crippen LogP contribution in [-0.4, -0.2) is 21.3 Å². The first-order valence-corrected chi connectivity index (χ1v) is 5.01. The second-order valence-corrected chi connectivity index (χ2v) is 3.62. The van der Waals surface area contributed by atoms with Crippen molar-refractivity contribution >= 4 is 16.9 Å². The molecule has 0 bridgehead atoms. The predicted octanol–water partition coefficient (Wildman–Crippen LogP) is 2.52. The number of hydrogen-bond donors (Lipinski definition) is 2. The first-order valence-electron chi connectivity index (χ1n) is 5.01. The lowest BCUT2D eigenvalue weighted by molar-refractivity contribution is 0.0690. The van der Waals surface area contributed by atoms with Crippen molar-refractivity contribution in [3.05, 3.63) is 42.3 Å². The number of carbonyl (C=O) groups is 1. The maximum Gasteiger partial charge on any atom is 0.353 e. The van der Waals surface area contributed by atoms with E-state index in [2.05, 4.69) is 10.2 Å². The Hall–Kier alpha value is -2.56. The van der Waals surface area contributed by atoms with Crippen LogP contribution in [0.2, 0.25) is 0 Å². The molecule has 3 rings (SSSR count). The van der Waals surface area contributed by atoms with Crippen LogP contribution in [0.5, 0.6) is 0 Å². The van der Waals surface area contributed by atoms with Gasteiger partial charge in [-0.15, -0.1) is 0 Å². The van der Waals surface area contributed by atoms with Crippen LogP contribution in [0.3, 0.4) is 0 Å². The highest BCUT2D eigenvalue weighted by molar-refractivity contribution is 5.93. The second-order valence-electron chi connectivity index (χ2n) is 3.62. The number of benzene rings is 1. The Balaban J connectivity index is 2.19. The molecular formula is C12H8N2O3. The molecule has 2 aromatic heterocycles. The summed E-state index contributed by atoms with van der Waals surface area (Å²) in [7, 11) is 0. The maximum absolute atomic E-state index is 10.8. The van der Waals surface area contributed by atoms with E-state index in [0.717, 1.165) is 10.9 Å². The summed E-state index contributed by atoms with van der Waals surface area (Å²) in [6.45, 7) is 0. The Kier molecular flexibility index (Phi) is 1.98. The third-order valence-corrected chi connectivity index (χ3v) is 2.56. The molecule has 0 aliphatic carbocycles. The van der Waals surface area contributed by atoms with Gasteiger partial charge in [-0.3, -0.25) is 5.10 Å². The fraction of sp³-hybridized carbons (Fsp3) is 0. The van der Waals surface area contributed by atoms with Gasteiger partial charge < -0.3 is 9.52 Å². The van der Waals surface area contributed by atoms with E-state index in [1.54, 1.807) is 6.26 Å². The molecule has 2 heterocycles. The Morgan fingerprint density at radius 3 is 3.00 bits per heavy atom. The lowest BCUT2D eigenvalue weighted by atomic mass is 10.1. The molecule has 0 fully saturated rings. The molecule has 17 heavy (non-hydrogen) atoms. The first kappa shape index (κ1) is 9.65.